The molecule has 2 nitrogen and oxygen atoms in total. The Balaban J connectivity index is 0. The van der Waals surface area contributed by atoms with Crippen molar-refractivity contribution in [2.75, 3.05) is 0 Å². The molecule has 0 aromatic rings. The summed E-state index contributed by atoms with van der Waals surface area (Å²) in [5.74, 6) is -0.909. The van der Waals surface area contributed by atoms with Crippen LogP contribution in [0, 0.1) is 0 Å². The summed E-state index contributed by atoms with van der Waals surface area (Å²) < 4.78 is 0. The maximum Gasteiger partial charge on any atom is 2.00 e. The van der Waals surface area contributed by atoms with Crippen molar-refractivity contribution in [1.29, 1.82) is 0 Å². The Hall–Kier alpha value is 0.951. The van der Waals surface area contributed by atoms with Gasteiger partial charge in [0.25, 0.3) is 0 Å². The van der Waals surface area contributed by atoms with E-state index in [2.05, 4.69) is 6.92 Å². The molecule has 0 aromatic heterocycles. The minimum atomic E-state index is -0.909. The third kappa shape index (κ3) is 17.6. The van der Waals surface area contributed by atoms with Crippen LogP contribution in [0.2, 0.25) is 0 Å². The van der Waals surface area contributed by atoms with E-state index >= 15 is 0 Å². The predicted molar refractivity (Wildman–Crippen MR) is 62.6 cm³/mol. The molecule has 0 unspecified atom stereocenters. The maximum absolute atomic E-state index is 10.1. The molecule has 0 radical (unpaired) electrons. The zero-order valence-electron chi connectivity index (χ0n) is 10.1. The van der Waals surface area contributed by atoms with Crippen molar-refractivity contribution in [2.45, 2.75) is 71.1 Å². The van der Waals surface area contributed by atoms with Gasteiger partial charge >= 0.3 is 45.5 Å². The van der Waals surface area contributed by atoms with Gasteiger partial charge in [-0.15, -0.1) is 0 Å². The van der Waals surface area contributed by atoms with Gasteiger partial charge in [-0.2, -0.15) is 0 Å². The summed E-state index contributed by atoms with van der Waals surface area (Å²) >= 11 is 0. The number of aliphatic carboxylic acids is 1. The van der Waals surface area contributed by atoms with Crippen molar-refractivity contribution in [3.8, 4) is 0 Å². The molecule has 84 valence electrons. The van der Waals surface area contributed by atoms with E-state index in [4.69, 9.17) is 0 Å². The Bertz CT molecular complexity index is 138. The van der Waals surface area contributed by atoms with E-state index in [0.29, 0.717) is 0 Å². The molecule has 0 N–H and O–H groups in total. The number of carbonyl (C=O) groups is 1. The Morgan fingerprint density at radius 3 is 1.67 bits per heavy atom. The van der Waals surface area contributed by atoms with Gasteiger partial charge in [-0.05, 0) is 12.8 Å². The van der Waals surface area contributed by atoms with Gasteiger partial charge in [0.1, 0.15) is 0 Å². The van der Waals surface area contributed by atoms with Gasteiger partial charge in [0.15, 0.2) is 0 Å². The van der Waals surface area contributed by atoms with E-state index in [0.717, 1.165) is 12.8 Å². The van der Waals surface area contributed by atoms with E-state index in [-0.39, 0.29) is 51.9 Å². The Kier molecular flexibility index (Phi) is 18.3. The van der Waals surface area contributed by atoms with Gasteiger partial charge in [0.2, 0.25) is 0 Å². The SMILES string of the molecule is CCCCCCCCCCCC(=O)[O-].[Sr+2]. The summed E-state index contributed by atoms with van der Waals surface area (Å²) in [5, 5.41) is 10.1. The van der Waals surface area contributed by atoms with Gasteiger partial charge in [0, 0.05) is 5.97 Å². The minimum absolute atomic E-state index is 0. The quantitative estimate of drug-likeness (QED) is 0.457. The van der Waals surface area contributed by atoms with Crippen molar-refractivity contribution in [3.63, 3.8) is 0 Å². The van der Waals surface area contributed by atoms with Crippen molar-refractivity contribution >= 4 is 51.5 Å². The van der Waals surface area contributed by atoms with Crippen LogP contribution in [-0.2, 0) is 4.79 Å². The summed E-state index contributed by atoms with van der Waals surface area (Å²) in [6.45, 7) is 2.22. The average Bonchev–Trinajstić information content (AvgIpc) is 2.15. The fourth-order valence-corrected chi connectivity index (χ4v) is 1.58. The molecule has 15 heavy (non-hydrogen) atoms. The number of hydrogen-bond acceptors (Lipinski definition) is 2. The van der Waals surface area contributed by atoms with Crippen LogP contribution in [0.25, 0.3) is 0 Å². The number of carboxylic acid groups (broad SMARTS) is 1. The summed E-state index contributed by atoms with van der Waals surface area (Å²) in [4.78, 5) is 10.1. The summed E-state index contributed by atoms with van der Waals surface area (Å²) in [7, 11) is 0. The third-order valence-corrected chi connectivity index (χ3v) is 2.48. The first kappa shape index (κ1) is 18.3. The summed E-state index contributed by atoms with van der Waals surface area (Å²) in [6, 6.07) is 0. The average molecular weight is 287 g/mol. The number of hydrogen-bond donors (Lipinski definition) is 0. The van der Waals surface area contributed by atoms with E-state index in [9.17, 15) is 9.90 Å². The molecule has 0 aromatic carbocycles. The zero-order chi connectivity index (χ0) is 10.6. The molecule has 0 bridgehead atoms. The molecule has 0 saturated heterocycles. The van der Waals surface area contributed by atoms with Gasteiger partial charge < -0.3 is 9.90 Å². The number of unbranched alkanes of at least 4 members (excludes halogenated alkanes) is 8. The second-order valence-electron chi connectivity index (χ2n) is 3.95. The molecule has 0 aliphatic carbocycles. The first-order valence-corrected chi connectivity index (χ1v) is 5.97. The van der Waals surface area contributed by atoms with Crippen molar-refractivity contribution in [2.24, 2.45) is 0 Å². The largest absolute Gasteiger partial charge is 2.00 e. The first-order valence-electron chi connectivity index (χ1n) is 5.97. The molecular weight excluding hydrogens is 264 g/mol. The van der Waals surface area contributed by atoms with E-state index < -0.39 is 5.97 Å². The van der Waals surface area contributed by atoms with Crippen LogP contribution in [0.5, 0.6) is 0 Å². The van der Waals surface area contributed by atoms with Crippen molar-refractivity contribution in [3.05, 3.63) is 0 Å². The van der Waals surface area contributed by atoms with Crippen LogP contribution in [0.3, 0.4) is 0 Å². The second kappa shape index (κ2) is 15.0. The predicted octanol–water partition coefficient (Wildman–Crippen LogP) is 2.28. The van der Waals surface area contributed by atoms with E-state index in [1.807, 2.05) is 0 Å². The minimum Gasteiger partial charge on any atom is -0.550 e. The molecule has 0 heterocycles. The Labute approximate surface area is 131 Å². The number of carbonyl (C=O) groups excluding carboxylic acids is 1. The van der Waals surface area contributed by atoms with Gasteiger partial charge in [0.05, 0.1) is 0 Å². The third-order valence-electron chi connectivity index (χ3n) is 2.48. The van der Waals surface area contributed by atoms with Crippen LogP contribution < -0.4 is 5.11 Å². The normalized spacial score (nSPS) is 9.67. The molecule has 0 aliphatic rings. The molecule has 0 rings (SSSR count). The fourth-order valence-electron chi connectivity index (χ4n) is 1.58. The summed E-state index contributed by atoms with van der Waals surface area (Å²) in [6.07, 6.45) is 11.2. The molecule has 0 saturated carbocycles. The molecular formula is C12H23O2Sr+. The van der Waals surface area contributed by atoms with Crippen LogP contribution in [-0.4, -0.2) is 51.5 Å². The smallest absolute Gasteiger partial charge is 0.550 e. The monoisotopic (exact) mass is 287 g/mol. The first-order chi connectivity index (χ1) is 6.77. The van der Waals surface area contributed by atoms with Crippen molar-refractivity contribution < 1.29 is 9.90 Å². The van der Waals surface area contributed by atoms with E-state index in [1.54, 1.807) is 0 Å². The van der Waals surface area contributed by atoms with Crippen LogP contribution in [0.15, 0.2) is 0 Å². The zero-order valence-corrected chi connectivity index (χ0v) is 13.6. The van der Waals surface area contributed by atoms with Crippen LogP contribution in [0.4, 0.5) is 0 Å². The molecule has 0 fully saturated rings. The summed E-state index contributed by atoms with van der Waals surface area (Å²) in [5.41, 5.74) is 0. The maximum atomic E-state index is 10.1. The Morgan fingerprint density at radius 2 is 1.27 bits per heavy atom. The molecule has 0 amide bonds. The van der Waals surface area contributed by atoms with Crippen LogP contribution in [0.1, 0.15) is 71.1 Å². The van der Waals surface area contributed by atoms with Gasteiger partial charge in [-0.1, -0.05) is 58.3 Å². The Morgan fingerprint density at radius 1 is 0.867 bits per heavy atom. The molecule has 0 aliphatic heterocycles. The second-order valence-corrected chi connectivity index (χ2v) is 3.95. The number of carboxylic acids is 1. The van der Waals surface area contributed by atoms with E-state index in [1.165, 1.54) is 44.9 Å². The van der Waals surface area contributed by atoms with Gasteiger partial charge in [-0.3, -0.25) is 0 Å². The fraction of sp³-hybridized carbons (Fsp3) is 0.917. The van der Waals surface area contributed by atoms with Crippen LogP contribution >= 0.6 is 0 Å². The topological polar surface area (TPSA) is 40.1 Å². The molecule has 0 spiro atoms. The van der Waals surface area contributed by atoms with Crippen molar-refractivity contribution in [1.82, 2.24) is 0 Å². The standard InChI is InChI=1S/C12H24O2.Sr/c1-2-3-4-5-6-7-8-9-10-11-12(13)14;/h2-11H2,1H3,(H,13,14);/q;+2/p-1. The molecule has 0 atom stereocenters. The van der Waals surface area contributed by atoms with Gasteiger partial charge in [-0.25, -0.2) is 0 Å². The molecule has 3 heteroatoms. The number of rotatable bonds is 10.